The lowest BCUT2D eigenvalue weighted by Crippen LogP contribution is -2.49. The van der Waals surface area contributed by atoms with Gasteiger partial charge in [-0.15, -0.1) is 0 Å². The molecule has 0 bridgehead atoms. The second-order valence-corrected chi connectivity index (χ2v) is 5.36. The summed E-state index contributed by atoms with van der Waals surface area (Å²) in [7, 11) is 1.49. The maximum absolute atomic E-state index is 12.3. The Hall–Kier alpha value is -1.92. The van der Waals surface area contributed by atoms with E-state index in [0.717, 1.165) is 5.56 Å². The summed E-state index contributed by atoms with van der Waals surface area (Å²) in [5.41, 5.74) is 12.4. The number of carboxylic acid groups (broad SMARTS) is 1. The molecule has 0 aliphatic rings. The fraction of sp³-hybridized carbons (Fsp3) is 0.500. The predicted octanol–water partition coefficient (Wildman–Crippen LogP) is 0.597. The number of amides is 1. The number of hydrogen-bond donors (Lipinski definition) is 3. The summed E-state index contributed by atoms with van der Waals surface area (Å²) < 4.78 is 0. The SMILES string of the molecule is CN(C(=O)[C@@H](N)CCc1ccccc1)[C@@H](CCCN)C(=O)O. The quantitative estimate of drug-likeness (QED) is 0.619. The van der Waals surface area contributed by atoms with Gasteiger partial charge in [0.15, 0.2) is 0 Å². The molecule has 2 atom stereocenters. The van der Waals surface area contributed by atoms with Crippen LogP contribution in [-0.2, 0) is 16.0 Å². The van der Waals surface area contributed by atoms with Crippen molar-refractivity contribution in [3.8, 4) is 0 Å². The highest BCUT2D eigenvalue weighted by Gasteiger charge is 2.28. The average molecular weight is 307 g/mol. The molecule has 0 saturated carbocycles. The first kappa shape index (κ1) is 18.1. The van der Waals surface area contributed by atoms with Gasteiger partial charge in [-0.05, 0) is 37.8 Å². The van der Waals surface area contributed by atoms with Crippen molar-refractivity contribution in [2.75, 3.05) is 13.6 Å². The zero-order valence-corrected chi connectivity index (χ0v) is 12.9. The lowest BCUT2D eigenvalue weighted by atomic mass is 10.0. The van der Waals surface area contributed by atoms with Gasteiger partial charge in [0, 0.05) is 7.05 Å². The van der Waals surface area contributed by atoms with Gasteiger partial charge in [0.05, 0.1) is 6.04 Å². The molecule has 22 heavy (non-hydrogen) atoms. The first-order valence-corrected chi connectivity index (χ1v) is 7.46. The largest absolute Gasteiger partial charge is 0.480 e. The number of rotatable bonds is 9. The summed E-state index contributed by atoms with van der Waals surface area (Å²) >= 11 is 0. The molecular weight excluding hydrogens is 282 g/mol. The number of likely N-dealkylation sites (N-methyl/N-ethyl adjacent to an activating group) is 1. The third kappa shape index (κ3) is 5.46. The van der Waals surface area contributed by atoms with Crippen LogP contribution in [0.4, 0.5) is 0 Å². The fourth-order valence-corrected chi connectivity index (χ4v) is 2.30. The van der Waals surface area contributed by atoms with Crippen LogP contribution in [0.3, 0.4) is 0 Å². The molecule has 0 radical (unpaired) electrons. The second kappa shape index (κ2) is 9.17. The highest BCUT2D eigenvalue weighted by molar-refractivity contribution is 5.86. The topological polar surface area (TPSA) is 110 Å². The summed E-state index contributed by atoms with van der Waals surface area (Å²) in [5, 5.41) is 9.23. The van der Waals surface area contributed by atoms with Gasteiger partial charge in [0.2, 0.25) is 5.91 Å². The van der Waals surface area contributed by atoms with E-state index in [4.69, 9.17) is 11.5 Å². The van der Waals surface area contributed by atoms with E-state index in [2.05, 4.69) is 0 Å². The van der Waals surface area contributed by atoms with Gasteiger partial charge in [0.25, 0.3) is 0 Å². The van der Waals surface area contributed by atoms with Crippen LogP contribution in [0.15, 0.2) is 30.3 Å². The molecule has 0 aliphatic heterocycles. The van der Waals surface area contributed by atoms with Gasteiger partial charge in [-0.25, -0.2) is 4.79 Å². The molecule has 6 nitrogen and oxygen atoms in total. The fourth-order valence-electron chi connectivity index (χ4n) is 2.30. The Morgan fingerprint density at radius 1 is 1.23 bits per heavy atom. The van der Waals surface area contributed by atoms with Crippen LogP contribution in [0.2, 0.25) is 0 Å². The Balaban J connectivity index is 2.57. The number of carbonyl (C=O) groups is 2. The number of aliphatic carboxylic acids is 1. The molecule has 1 rings (SSSR count). The van der Waals surface area contributed by atoms with Crippen LogP contribution >= 0.6 is 0 Å². The van der Waals surface area contributed by atoms with E-state index in [0.29, 0.717) is 32.2 Å². The summed E-state index contributed by atoms with van der Waals surface area (Å²) in [6, 6.07) is 8.16. The van der Waals surface area contributed by atoms with Crippen LogP contribution in [0.25, 0.3) is 0 Å². The molecule has 122 valence electrons. The van der Waals surface area contributed by atoms with E-state index < -0.39 is 18.1 Å². The van der Waals surface area contributed by atoms with Crippen molar-refractivity contribution in [3.05, 3.63) is 35.9 Å². The predicted molar refractivity (Wildman–Crippen MR) is 85.2 cm³/mol. The number of carbonyl (C=O) groups excluding carboxylic acids is 1. The molecule has 0 spiro atoms. The number of nitrogens with zero attached hydrogens (tertiary/aromatic N) is 1. The van der Waals surface area contributed by atoms with Gasteiger partial charge in [0.1, 0.15) is 6.04 Å². The van der Waals surface area contributed by atoms with E-state index in [9.17, 15) is 14.7 Å². The van der Waals surface area contributed by atoms with Crippen molar-refractivity contribution in [2.24, 2.45) is 11.5 Å². The first-order valence-electron chi connectivity index (χ1n) is 7.46. The van der Waals surface area contributed by atoms with Crippen LogP contribution in [0, 0.1) is 0 Å². The Labute approximate surface area is 131 Å². The molecule has 0 fully saturated rings. The minimum atomic E-state index is -1.03. The highest BCUT2D eigenvalue weighted by Crippen LogP contribution is 2.10. The minimum absolute atomic E-state index is 0.333. The van der Waals surface area contributed by atoms with Gasteiger partial charge >= 0.3 is 5.97 Å². The van der Waals surface area contributed by atoms with Crippen LogP contribution in [-0.4, -0.2) is 47.6 Å². The Morgan fingerprint density at radius 3 is 2.41 bits per heavy atom. The zero-order chi connectivity index (χ0) is 16.5. The molecule has 0 aliphatic carbocycles. The second-order valence-electron chi connectivity index (χ2n) is 5.36. The molecule has 0 unspecified atom stereocenters. The van der Waals surface area contributed by atoms with Crippen molar-refractivity contribution >= 4 is 11.9 Å². The summed E-state index contributed by atoms with van der Waals surface area (Å²) in [6.45, 7) is 0.395. The minimum Gasteiger partial charge on any atom is -0.480 e. The molecule has 0 saturated heterocycles. The van der Waals surface area contributed by atoms with Crippen LogP contribution < -0.4 is 11.5 Å². The third-order valence-corrected chi connectivity index (χ3v) is 3.69. The van der Waals surface area contributed by atoms with Crippen molar-refractivity contribution in [3.63, 3.8) is 0 Å². The van der Waals surface area contributed by atoms with E-state index in [1.54, 1.807) is 0 Å². The zero-order valence-electron chi connectivity index (χ0n) is 12.9. The third-order valence-electron chi connectivity index (χ3n) is 3.69. The molecule has 1 amide bonds. The Morgan fingerprint density at radius 2 is 1.86 bits per heavy atom. The Kier molecular flexibility index (Phi) is 7.56. The lowest BCUT2D eigenvalue weighted by Gasteiger charge is -2.27. The van der Waals surface area contributed by atoms with E-state index in [1.165, 1.54) is 11.9 Å². The van der Waals surface area contributed by atoms with E-state index in [-0.39, 0.29) is 5.91 Å². The van der Waals surface area contributed by atoms with Crippen molar-refractivity contribution < 1.29 is 14.7 Å². The highest BCUT2D eigenvalue weighted by atomic mass is 16.4. The van der Waals surface area contributed by atoms with Gasteiger partial charge in [-0.3, -0.25) is 4.79 Å². The van der Waals surface area contributed by atoms with Gasteiger partial charge in [-0.1, -0.05) is 30.3 Å². The first-order chi connectivity index (χ1) is 10.5. The van der Waals surface area contributed by atoms with E-state index >= 15 is 0 Å². The van der Waals surface area contributed by atoms with Crippen LogP contribution in [0.5, 0.6) is 0 Å². The maximum atomic E-state index is 12.3. The van der Waals surface area contributed by atoms with Gasteiger partial charge in [-0.2, -0.15) is 0 Å². The molecule has 1 aromatic carbocycles. The molecular formula is C16H25N3O3. The molecule has 0 heterocycles. The summed E-state index contributed by atoms with van der Waals surface area (Å²) in [5.74, 6) is -1.38. The number of benzene rings is 1. The monoisotopic (exact) mass is 307 g/mol. The maximum Gasteiger partial charge on any atom is 0.326 e. The van der Waals surface area contributed by atoms with Gasteiger partial charge < -0.3 is 21.5 Å². The van der Waals surface area contributed by atoms with Crippen LogP contribution in [0.1, 0.15) is 24.8 Å². The molecule has 6 heteroatoms. The smallest absolute Gasteiger partial charge is 0.326 e. The average Bonchev–Trinajstić information content (AvgIpc) is 2.52. The number of aryl methyl sites for hydroxylation is 1. The normalized spacial score (nSPS) is 13.4. The summed E-state index contributed by atoms with van der Waals surface area (Å²) in [6.07, 6.45) is 2.05. The number of nitrogens with two attached hydrogens (primary N) is 2. The van der Waals surface area contributed by atoms with Crippen molar-refractivity contribution in [2.45, 2.75) is 37.8 Å². The lowest BCUT2D eigenvalue weighted by molar-refractivity contribution is -0.149. The summed E-state index contributed by atoms with van der Waals surface area (Å²) in [4.78, 5) is 24.8. The molecule has 1 aromatic rings. The number of carboxylic acids is 1. The molecule has 0 aromatic heterocycles. The standard InChI is InChI=1S/C16H25N3O3/c1-19(14(16(21)22)8-5-11-17)15(20)13(18)10-9-12-6-3-2-4-7-12/h2-4,6-7,13-14H,5,8-11,17-18H2,1H3,(H,21,22)/t13-,14-/m0/s1. The Bertz CT molecular complexity index is 479. The molecule has 5 N–H and O–H groups in total. The van der Waals surface area contributed by atoms with Crippen molar-refractivity contribution in [1.29, 1.82) is 0 Å². The van der Waals surface area contributed by atoms with E-state index in [1.807, 2.05) is 30.3 Å². The van der Waals surface area contributed by atoms with Crippen molar-refractivity contribution in [1.82, 2.24) is 4.90 Å². The number of hydrogen-bond acceptors (Lipinski definition) is 4.